The average Bonchev–Trinajstić information content (AvgIpc) is 2.61. The van der Waals surface area contributed by atoms with Crippen molar-refractivity contribution in [3.63, 3.8) is 0 Å². The van der Waals surface area contributed by atoms with Crippen LogP contribution in [0.25, 0.3) is 10.9 Å². The third-order valence-corrected chi connectivity index (χ3v) is 4.26. The van der Waals surface area contributed by atoms with Crippen molar-refractivity contribution in [2.24, 2.45) is 5.73 Å². The van der Waals surface area contributed by atoms with Gasteiger partial charge in [0.2, 0.25) is 5.91 Å². The first-order valence-corrected chi connectivity index (χ1v) is 8.40. The summed E-state index contributed by atoms with van der Waals surface area (Å²) in [6.07, 6.45) is 1.88. The van der Waals surface area contributed by atoms with E-state index in [2.05, 4.69) is 16.4 Å². The SMILES string of the molecule is CSc1nc2ccccc2c(Nc2cccc(C(N)=O)c2)c1C#N. The Bertz CT molecular complexity index is 978. The molecule has 0 radical (unpaired) electrons. The monoisotopic (exact) mass is 334 g/mol. The molecule has 3 N–H and O–H groups in total. The molecule has 2 aromatic carbocycles. The lowest BCUT2D eigenvalue weighted by molar-refractivity contribution is 0.100. The fourth-order valence-electron chi connectivity index (χ4n) is 2.47. The third-order valence-electron chi connectivity index (χ3n) is 3.58. The van der Waals surface area contributed by atoms with Crippen molar-refractivity contribution >= 4 is 39.9 Å². The van der Waals surface area contributed by atoms with E-state index in [-0.39, 0.29) is 0 Å². The molecule has 5 nitrogen and oxygen atoms in total. The summed E-state index contributed by atoms with van der Waals surface area (Å²) in [5, 5.41) is 14.3. The summed E-state index contributed by atoms with van der Waals surface area (Å²) < 4.78 is 0. The van der Waals surface area contributed by atoms with Gasteiger partial charge < -0.3 is 11.1 Å². The molecule has 1 aromatic heterocycles. The minimum Gasteiger partial charge on any atom is -0.366 e. The number of aromatic nitrogens is 1. The molecular formula is C18H14N4OS. The van der Waals surface area contributed by atoms with E-state index in [1.54, 1.807) is 18.2 Å². The number of benzene rings is 2. The lowest BCUT2D eigenvalue weighted by atomic mass is 10.1. The van der Waals surface area contributed by atoms with Crippen molar-refractivity contribution in [3.05, 3.63) is 59.7 Å². The number of carbonyl (C=O) groups is 1. The number of amides is 1. The zero-order valence-corrected chi connectivity index (χ0v) is 13.7. The Labute approximate surface area is 143 Å². The molecule has 0 saturated carbocycles. The van der Waals surface area contributed by atoms with E-state index in [0.29, 0.717) is 27.5 Å². The maximum Gasteiger partial charge on any atom is 0.248 e. The van der Waals surface area contributed by atoms with Gasteiger partial charge in [0.05, 0.1) is 11.2 Å². The molecule has 0 aliphatic carbocycles. The van der Waals surface area contributed by atoms with Gasteiger partial charge in [0.15, 0.2) is 0 Å². The smallest absolute Gasteiger partial charge is 0.248 e. The van der Waals surface area contributed by atoms with Crippen LogP contribution in [-0.4, -0.2) is 17.1 Å². The third kappa shape index (κ3) is 2.90. The fraction of sp³-hybridized carbons (Fsp3) is 0.0556. The van der Waals surface area contributed by atoms with Gasteiger partial charge in [0.25, 0.3) is 0 Å². The number of primary amides is 1. The lowest BCUT2D eigenvalue weighted by Gasteiger charge is -2.14. The van der Waals surface area contributed by atoms with Crippen molar-refractivity contribution in [2.45, 2.75) is 5.03 Å². The highest BCUT2D eigenvalue weighted by atomic mass is 32.2. The number of nitrogens with one attached hydrogen (secondary N) is 1. The fourth-order valence-corrected chi connectivity index (χ4v) is 3.01. The summed E-state index contributed by atoms with van der Waals surface area (Å²) >= 11 is 1.42. The number of nitrogens with two attached hydrogens (primary N) is 1. The zero-order valence-electron chi connectivity index (χ0n) is 12.9. The van der Waals surface area contributed by atoms with E-state index in [4.69, 9.17) is 5.73 Å². The van der Waals surface area contributed by atoms with Gasteiger partial charge in [-0.1, -0.05) is 24.3 Å². The Kier molecular flexibility index (Phi) is 4.36. The molecule has 0 aliphatic rings. The highest BCUT2D eigenvalue weighted by Gasteiger charge is 2.15. The first-order valence-electron chi connectivity index (χ1n) is 7.17. The molecule has 3 aromatic rings. The minimum atomic E-state index is -0.497. The standard InChI is InChI=1S/C18H14N4OS/c1-24-18-14(10-19)16(13-7-2-3-8-15(13)22-18)21-12-6-4-5-11(9-12)17(20)23/h2-9H,1H3,(H2,20,23)(H,21,22). The normalized spacial score (nSPS) is 10.3. The summed E-state index contributed by atoms with van der Waals surface area (Å²) in [6, 6.07) is 16.7. The van der Waals surface area contributed by atoms with Crippen molar-refractivity contribution in [1.82, 2.24) is 4.98 Å². The van der Waals surface area contributed by atoms with Gasteiger partial charge in [-0.25, -0.2) is 4.98 Å². The molecule has 24 heavy (non-hydrogen) atoms. The molecule has 1 amide bonds. The van der Waals surface area contributed by atoms with E-state index in [9.17, 15) is 10.1 Å². The molecule has 0 fully saturated rings. The van der Waals surface area contributed by atoms with Gasteiger partial charge in [-0.15, -0.1) is 11.8 Å². The molecular weight excluding hydrogens is 320 g/mol. The van der Waals surface area contributed by atoms with E-state index in [1.807, 2.05) is 36.6 Å². The van der Waals surface area contributed by atoms with E-state index >= 15 is 0 Å². The Hall–Kier alpha value is -3.04. The predicted molar refractivity (Wildman–Crippen MR) is 96.5 cm³/mol. The Balaban J connectivity index is 2.19. The molecule has 0 atom stereocenters. The van der Waals surface area contributed by atoms with Gasteiger partial charge in [-0.2, -0.15) is 5.26 Å². The van der Waals surface area contributed by atoms with Crippen LogP contribution >= 0.6 is 11.8 Å². The first-order chi connectivity index (χ1) is 11.6. The Morgan fingerprint density at radius 3 is 2.75 bits per heavy atom. The molecule has 1 heterocycles. The number of hydrogen-bond donors (Lipinski definition) is 2. The molecule has 0 aliphatic heterocycles. The van der Waals surface area contributed by atoms with Gasteiger partial charge in [-0.05, 0) is 30.5 Å². The van der Waals surface area contributed by atoms with Crippen LogP contribution in [0.4, 0.5) is 11.4 Å². The molecule has 3 rings (SSSR count). The maximum absolute atomic E-state index is 11.4. The summed E-state index contributed by atoms with van der Waals surface area (Å²) in [5.41, 5.74) is 8.38. The Morgan fingerprint density at radius 2 is 2.04 bits per heavy atom. The van der Waals surface area contributed by atoms with E-state index < -0.39 is 5.91 Å². The first kappa shape index (κ1) is 15.8. The number of para-hydroxylation sites is 1. The molecule has 0 saturated heterocycles. The van der Waals surface area contributed by atoms with E-state index in [1.165, 1.54) is 11.8 Å². The van der Waals surface area contributed by atoms with Crippen molar-refractivity contribution in [3.8, 4) is 6.07 Å². The van der Waals surface area contributed by atoms with E-state index in [0.717, 1.165) is 10.9 Å². The second-order valence-electron chi connectivity index (χ2n) is 5.07. The van der Waals surface area contributed by atoms with Crippen molar-refractivity contribution in [1.29, 1.82) is 5.26 Å². The average molecular weight is 334 g/mol. The van der Waals surface area contributed by atoms with Crippen LogP contribution in [-0.2, 0) is 0 Å². The summed E-state index contributed by atoms with van der Waals surface area (Å²) in [4.78, 5) is 15.9. The maximum atomic E-state index is 11.4. The number of carbonyl (C=O) groups excluding carboxylic acids is 1. The number of thioether (sulfide) groups is 1. The highest BCUT2D eigenvalue weighted by Crippen LogP contribution is 2.34. The Morgan fingerprint density at radius 1 is 1.25 bits per heavy atom. The number of rotatable bonds is 4. The summed E-state index contributed by atoms with van der Waals surface area (Å²) in [5.74, 6) is -0.497. The van der Waals surface area contributed by atoms with Crippen LogP contribution < -0.4 is 11.1 Å². The number of hydrogen-bond acceptors (Lipinski definition) is 5. The number of fused-ring (bicyclic) bond motifs is 1. The largest absolute Gasteiger partial charge is 0.366 e. The van der Waals surface area contributed by atoms with Crippen molar-refractivity contribution < 1.29 is 4.79 Å². The number of nitrogens with zero attached hydrogens (tertiary/aromatic N) is 2. The van der Waals surface area contributed by atoms with Gasteiger partial charge >= 0.3 is 0 Å². The van der Waals surface area contributed by atoms with Gasteiger partial charge in [0.1, 0.15) is 16.7 Å². The van der Waals surface area contributed by atoms with Crippen molar-refractivity contribution in [2.75, 3.05) is 11.6 Å². The van der Waals surface area contributed by atoms with Crippen LogP contribution in [0, 0.1) is 11.3 Å². The number of anilines is 2. The van der Waals surface area contributed by atoms with Crippen LogP contribution in [0.2, 0.25) is 0 Å². The second kappa shape index (κ2) is 6.60. The molecule has 0 bridgehead atoms. The molecule has 6 heteroatoms. The number of nitriles is 1. The topological polar surface area (TPSA) is 91.8 Å². The second-order valence-corrected chi connectivity index (χ2v) is 5.87. The van der Waals surface area contributed by atoms with Crippen LogP contribution in [0.15, 0.2) is 53.6 Å². The molecule has 0 spiro atoms. The van der Waals surface area contributed by atoms with Gasteiger partial charge in [0, 0.05) is 16.6 Å². The summed E-state index contributed by atoms with van der Waals surface area (Å²) in [7, 11) is 0. The van der Waals surface area contributed by atoms with Gasteiger partial charge in [-0.3, -0.25) is 4.79 Å². The van der Waals surface area contributed by atoms with Crippen LogP contribution in [0.5, 0.6) is 0 Å². The zero-order chi connectivity index (χ0) is 17.1. The predicted octanol–water partition coefficient (Wildman–Crippen LogP) is 3.67. The quantitative estimate of drug-likeness (QED) is 0.710. The minimum absolute atomic E-state index is 0.405. The lowest BCUT2D eigenvalue weighted by Crippen LogP contribution is -2.11. The number of pyridine rings is 1. The summed E-state index contributed by atoms with van der Waals surface area (Å²) in [6.45, 7) is 0. The van der Waals surface area contributed by atoms with Crippen LogP contribution in [0.1, 0.15) is 15.9 Å². The molecule has 0 unspecified atom stereocenters. The molecule has 118 valence electrons. The highest BCUT2D eigenvalue weighted by molar-refractivity contribution is 7.98. The van der Waals surface area contributed by atoms with Crippen LogP contribution in [0.3, 0.4) is 0 Å².